The van der Waals surface area contributed by atoms with Gasteiger partial charge in [0.1, 0.15) is 6.04 Å². The van der Waals surface area contributed by atoms with Crippen LogP contribution in [0, 0.1) is 11.3 Å². The Morgan fingerprint density at radius 1 is 1.92 bits per heavy atom. The van der Waals surface area contributed by atoms with Crippen molar-refractivity contribution in [2.75, 3.05) is 19.7 Å². The molecule has 1 amide bonds. The van der Waals surface area contributed by atoms with Crippen LogP contribution in [0.3, 0.4) is 0 Å². The standard InChI is InChI=1S/C7H11N3O2/c1-6(11)9-2-3-12-10-5-7(10)4-8/h7H,2-3,5H2,1H3,(H,9,11). The van der Waals surface area contributed by atoms with E-state index in [1.165, 1.54) is 6.92 Å². The molecule has 1 aliphatic rings. The normalized spacial score (nSPS) is 26.0. The van der Waals surface area contributed by atoms with Crippen molar-refractivity contribution in [2.24, 2.45) is 0 Å². The van der Waals surface area contributed by atoms with Crippen LogP contribution >= 0.6 is 0 Å². The Morgan fingerprint density at radius 3 is 3.17 bits per heavy atom. The third-order valence-corrected chi connectivity index (χ3v) is 1.45. The number of carbonyl (C=O) groups excluding carboxylic acids is 1. The molecule has 2 atom stereocenters. The quantitative estimate of drug-likeness (QED) is 0.444. The van der Waals surface area contributed by atoms with Gasteiger partial charge in [-0.3, -0.25) is 9.63 Å². The largest absolute Gasteiger partial charge is 0.354 e. The van der Waals surface area contributed by atoms with Gasteiger partial charge in [0.05, 0.1) is 19.2 Å². The number of hydroxylamine groups is 2. The number of amides is 1. The van der Waals surface area contributed by atoms with E-state index in [4.69, 9.17) is 10.1 Å². The summed E-state index contributed by atoms with van der Waals surface area (Å²) in [5.74, 6) is -0.0683. The van der Waals surface area contributed by atoms with Crippen LogP contribution in [-0.4, -0.2) is 36.7 Å². The number of nitrogens with one attached hydrogen (secondary N) is 1. The fraction of sp³-hybridized carbons (Fsp3) is 0.714. The Kier molecular flexibility index (Phi) is 3.02. The summed E-state index contributed by atoms with van der Waals surface area (Å²) in [4.78, 5) is 15.5. The molecule has 1 N–H and O–H groups in total. The zero-order chi connectivity index (χ0) is 8.97. The lowest BCUT2D eigenvalue weighted by Gasteiger charge is -2.02. The molecule has 5 nitrogen and oxygen atoms in total. The highest BCUT2D eigenvalue weighted by Gasteiger charge is 2.35. The smallest absolute Gasteiger partial charge is 0.216 e. The number of hydrogen-bond acceptors (Lipinski definition) is 4. The molecule has 0 bridgehead atoms. The van der Waals surface area contributed by atoms with E-state index >= 15 is 0 Å². The van der Waals surface area contributed by atoms with E-state index in [0.29, 0.717) is 19.7 Å². The maximum Gasteiger partial charge on any atom is 0.216 e. The average molecular weight is 169 g/mol. The van der Waals surface area contributed by atoms with Gasteiger partial charge in [0.2, 0.25) is 5.91 Å². The Bertz CT molecular complexity index is 211. The monoisotopic (exact) mass is 169 g/mol. The molecule has 0 radical (unpaired) electrons. The van der Waals surface area contributed by atoms with Crippen molar-refractivity contribution in [1.29, 1.82) is 5.26 Å². The van der Waals surface area contributed by atoms with Crippen molar-refractivity contribution in [3.63, 3.8) is 0 Å². The molecular formula is C7H11N3O2. The van der Waals surface area contributed by atoms with Crippen LogP contribution in [0.15, 0.2) is 0 Å². The van der Waals surface area contributed by atoms with Crippen molar-refractivity contribution in [3.8, 4) is 6.07 Å². The molecule has 1 saturated heterocycles. The fourth-order valence-corrected chi connectivity index (χ4v) is 0.761. The number of nitriles is 1. The van der Waals surface area contributed by atoms with Gasteiger partial charge in [0.15, 0.2) is 0 Å². The van der Waals surface area contributed by atoms with Crippen LogP contribution in [0.5, 0.6) is 0 Å². The number of rotatable bonds is 4. The zero-order valence-electron chi connectivity index (χ0n) is 6.91. The van der Waals surface area contributed by atoms with Crippen molar-refractivity contribution in [3.05, 3.63) is 0 Å². The third-order valence-electron chi connectivity index (χ3n) is 1.45. The second-order valence-electron chi connectivity index (χ2n) is 2.56. The molecule has 12 heavy (non-hydrogen) atoms. The van der Waals surface area contributed by atoms with Gasteiger partial charge in [0, 0.05) is 13.5 Å². The minimum Gasteiger partial charge on any atom is -0.354 e. The summed E-state index contributed by atoms with van der Waals surface area (Å²) in [5, 5.41) is 12.6. The molecule has 1 fully saturated rings. The van der Waals surface area contributed by atoms with Crippen LogP contribution in [0.4, 0.5) is 0 Å². The van der Waals surface area contributed by atoms with Crippen LogP contribution in [-0.2, 0) is 9.63 Å². The molecule has 0 aliphatic carbocycles. The molecule has 2 unspecified atom stereocenters. The molecule has 0 aromatic carbocycles. The number of carbonyl (C=O) groups is 1. The Morgan fingerprint density at radius 2 is 2.67 bits per heavy atom. The number of nitrogens with zero attached hydrogens (tertiary/aromatic N) is 2. The molecule has 1 aliphatic heterocycles. The van der Waals surface area contributed by atoms with Crippen LogP contribution < -0.4 is 5.32 Å². The van der Waals surface area contributed by atoms with E-state index in [9.17, 15) is 4.79 Å². The van der Waals surface area contributed by atoms with E-state index in [1.807, 2.05) is 0 Å². The first-order chi connectivity index (χ1) is 5.74. The maximum absolute atomic E-state index is 10.4. The molecular weight excluding hydrogens is 158 g/mol. The lowest BCUT2D eigenvalue weighted by molar-refractivity contribution is -0.120. The Hall–Kier alpha value is -1.12. The fourth-order valence-electron chi connectivity index (χ4n) is 0.761. The zero-order valence-corrected chi connectivity index (χ0v) is 6.91. The minimum absolute atomic E-state index is 0.0683. The molecule has 1 heterocycles. The van der Waals surface area contributed by atoms with Gasteiger partial charge in [-0.1, -0.05) is 0 Å². The third kappa shape index (κ3) is 2.86. The maximum atomic E-state index is 10.4. The molecule has 5 heteroatoms. The summed E-state index contributed by atoms with van der Waals surface area (Å²) in [6, 6.07) is 1.97. The summed E-state index contributed by atoms with van der Waals surface area (Å²) < 4.78 is 0. The molecule has 0 spiro atoms. The number of hydrogen-bond donors (Lipinski definition) is 1. The van der Waals surface area contributed by atoms with Crippen molar-refractivity contribution >= 4 is 5.91 Å². The van der Waals surface area contributed by atoms with Gasteiger partial charge in [-0.2, -0.15) is 10.3 Å². The first kappa shape index (κ1) is 8.97. The Labute approximate surface area is 70.9 Å². The van der Waals surface area contributed by atoms with Gasteiger partial charge in [-0.25, -0.2) is 0 Å². The lowest BCUT2D eigenvalue weighted by atomic mass is 10.6. The minimum atomic E-state index is -0.0812. The van der Waals surface area contributed by atoms with E-state index < -0.39 is 0 Å². The van der Waals surface area contributed by atoms with Crippen LogP contribution in [0.25, 0.3) is 0 Å². The predicted octanol–water partition coefficient (Wildman–Crippen LogP) is -0.738. The van der Waals surface area contributed by atoms with E-state index in [2.05, 4.69) is 11.4 Å². The van der Waals surface area contributed by atoms with Crippen LogP contribution in [0.1, 0.15) is 6.92 Å². The summed E-state index contributed by atoms with van der Waals surface area (Å²) >= 11 is 0. The first-order valence-corrected chi connectivity index (χ1v) is 3.77. The molecule has 0 aromatic rings. The average Bonchev–Trinajstić information content (AvgIpc) is 2.76. The van der Waals surface area contributed by atoms with Gasteiger partial charge in [-0.05, 0) is 0 Å². The highest BCUT2D eigenvalue weighted by molar-refractivity contribution is 5.72. The van der Waals surface area contributed by atoms with Gasteiger partial charge < -0.3 is 5.32 Å². The van der Waals surface area contributed by atoms with E-state index in [1.54, 1.807) is 5.06 Å². The highest BCUT2D eigenvalue weighted by atomic mass is 16.7. The van der Waals surface area contributed by atoms with E-state index in [-0.39, 0.29) is 11.9 Å². The highest BCUT2D eigenvalue weighted by Crippen LogP contribution is 2.15. The van der Waals surface area contributed by atoms with Gasteiger partial charge in [0.25, 0.3) is 0 Å². The molecule has 1 rings (SSSR count). The summed E-state index contributed by atoms with van der Waals surface area (Å²) in [6.07, 6.45) is 0. The lowest BCUT2D eigenvalue weighted by Crippen LogP contribution is -2.25. The second kappa shape index (κ2) is 4.04. The van der Waals surface area contributed by atoms with Crippen molar-refractivity contribution < 1.29 is 9.63 Å². The van der Waals surface area contributed by atoms with Crippen LogP contribution in [0.2, 0.25) is 0 Å². The van der Waals surface area contributed by atoms with E-state index in [0.717, 1.165) is 0 Å². The Balaban J connectivity index is 1.92. The second-order valence-corrected chi connectivity index (χ2v) is 2.56. The van der Waals surface area contributed by atoms with Crippen molar-refractivity contribution in [2.45, 2.75) is 13.0 Å². The molecule has 0 saturated carbocycles. The molecule has 0 aromatic heterocycles. The summed E-state index contributed by atoms with van der Waals surface area (Å²) in [6.45, 7) is 3.05. The summed E-state index contributed by atoms with van der Waals surface area (Å²) in [5.41, 5.74) is 0. The predicted molar refractivity (Wildman–Crippen MR) is 40.7 cm³/mol. The van der Waals surface area contributed by atoms with Crippen molar-refractivity contribution in [1.82, 2.24) is 10.4 Å². The SMILES string of the molecule is CC(=O)NCCON1CC1C#N. The van der Waals surface area contributed by atoms with Gasteiger partial charge in [-0.15, -0.1) is 0 Å². The summed E-state index contributed by atoms with van der Waals surface area (Å²) in [7, 11) is 0. The van der Waals surface area contributed by atoms with Gasteiger partial charge >= 0.3 is 0 Å². The topological polar surface area (TPSA) is 65.1 Å². The molecule has 66 valence electrons. The first-order valence-electron chi connectivity index (χ1n) is 3.77.